The van der Waals surface area contributed by atoms with Crippen LogP contribution in [0.4, 0.5) is 17.6 Å². The highest BCUT2D eigenvalue weighted by Gasteiger charge is 2.44. The number of halogens is 5. The Balaban J connectivity index is 2.90. The van der Waals surface area contributed by atoms with Gasteiger partial charge in [-0.3, -0.25) is 4.79 Å². The summed E-state index contributed by atoms with van der Waals surface area (Å²) < 4.78 is 72.9. The molecule has 0 heterocycles. The standard InChI is InChI=1S/C13H14BrF4NO4S/c1-24(22,23)8-4-2-7(3-5-8)10(20)9(6-15)19-12(21)11(14)13(16,17)18/h2-5,9-11,20H,6H2,1H3,(H,19,21)/t9-,10?,11-/m1/s1. The summed E-state index contributed by atoms with van der Waals surface area (Å²) in [5, 5.41) is 11.8. The van der Waals surface area contributed by atoms with Gasteiger partial charge in [0.25, 0.3) is 0 Å². The molecule has 0 aliphatic rings. The summed E-state index contributed by atoms with van der Waals surface area (Å²) in [5.41, 5.74) is 0.0449. The van der Waals surface area contributed by atoms with E-state index in [0.29, 0.717) is 0 Å². The molecule has 0 aliphatic heterocycles. The van der Waals surface area contributed by atoms with Gasteiger partial charge in [-0.2, -0.15) is 13.2 Å². The smallest absolute Gasteiger partial charge is 0.386 e. The molecule has 5 nitrogen and oxygen atoms in total. The molecule has 0 bridgehead atoms. The van der Waals surface area contributed by atoms with Crippen LogP contribution in [0.1, 0.15) is 11.7 Å². The molecule has 3 atom stereocenters. The Morgan fingerprint density at radius 1 is 1.29 bits per heavy atom. The molecule has 1 aromatic carbocycles. The van der Waals surface area contributed by atoms with Crippen molar-refractivity contribution < 1.29 is 35.9 Å². The Hall–Kier alpha value is -1.20. The van der Waals surface area contributed by atoms with Gasteiger partial charge in [0.2, 0.25) is 5.91 Å². The molecule has 0 fully saturated rings. The second-order valence-corrected chi connectivity index (χ2v) is 7.89. The van der Waals surface area contributed by atoms with Gasteiger partial charge >= 0.3 is 6.18 Å². The Kier molecular flexibility index (Phi) is 6.76. The van der Waals surface area contributed by atoms with Gasteiger partial charge in [-0.15, -0.1) is 0 Å². The number of alkyl halides is 5. The zero-order valence-corrected chi connectivity index (χ0v) is 14.6. The number of amides is 1. The van der Waals surface area contributed by atoms with Crippen molar-refractivity contribution in [1.82, 2.24) is 5.32 Å². The number of nitrogens with one attached hydrogen (secondary N) is 1. The van der Waals surface area contributed by atoms with Gasteiger partial charge < -0.3 is 10.4 Å². The van der Waals surface area contributed by atoms with Gasteiger partial charge in [-0.25, -0.2) is 12.8 Å². The summed E-state index contributed by atoms with van der Waals surface area (Å²) in [7, 11) is -3.47. The first kappa shape index (κ1) is 20.8. The zero-order valence-electron chi connectivity index (χ0n) is 12.2. The second-order valence-electron chi connectivity index (χ2n) is 4.96. The summed E-state index contributed by atoms with van der Waals surface area (Å²) in [6, 6.07) is 3.07. The third-order valence-corrected chi connectivity index (χ3v) is 5.11. The molecule has 11 heteroatoms. The van der Waals surface area contributed by atoms with Crippen molar-refractivity contribution >= 4 is 31.7 Å². The number of benzene rings is 1. The lowest BCUT2D eigenvalue weighted by molar-refractivity contribution is -0.150. The topological polar surface area (TPSA) is 83.5 Å². The lowest BCUT2D eigenvalue weighted by atomic mass is 10.0. The third kappa shape index (κ3) is 5.42. The lowest BCUT2D eigenvalue weighted by Crippen LogP contribution is -2.47. The van der Waals surface area contributed by atoms with Crippen LogP contribution in [0.25, 0.3) is 0 Å². The number of rotatable bonds is 6. The third-order valence-electron chi connectivity index (χ3n) is 3.04. The van der Waals surface area contributed by atoms with Crippen LogP contribution in [0.2, 0.25) is 0 Å². The highest BCUT2D eigenvalue weighted by molar-refractivity contribution is 9.10. The van der Waals surface area contributed by atoms with Crippen LogP contribution in [0, 0.1) is 0 Å². The van der Waals surface area contributed by atoms with E-state index in [4.69, 9.17) is 0 Å². The summed E-state index contributed by atoms with van der Waals surface area (Å²) in [6.45, 7) is -1.32. The van der Waals surface area contributed by atoms with Crippen LogP contribution in [0.5, 0.6) is 0 Å². The van der Waals surface area contributed by atoms with Gasteiger partial charge in [0, 0.05) is 6.26 Å². The van der Waals surface area contributed by atoms with E-state index < -0.39 is 45.6 Å². The molecule has 0 saturated carbocycles. The summed E-state index contributed by atoms with van der Waals surface area (Å²) in [5.74, 6) is -1.54. The lowest BCUT2D eigenvalue weighted by Gasteiger charge is -2.24. The monoisotopic (exact) mass is 435 g/mol. The van der Waals surface area contributed by atoms with Crippen LogP contribution < -0.4 is 5.32 Å². The van der Waals surface area contributed by atoms with Crippen LogP contribution in [0.15, 0.2) is 29.2 Å². The molecule has 24 heavy (non-hydrogen) atoms. The summed E-state index contributed by atoms with van der Waals surface area (Å²) in [4.78, 5) is 8.86. The predicted octanol–water partition coefficient (Wildman–Crippen LogP) is 1.90. The van der Waals surface area contributed by atoms with E-state index in [1.54, 1.807) is 5.32 Å². The first-order valence-corrected chi connectivity index (χ1v) is 9.24. The van der Waals surface area contributed by atoms with Crippen molar-refractivity contribution in [2.24, 2.45) is 0 Å². The fourth-order valence-corrected chi connectivity index (χ4v) is 2.51. The molecule has 0 radical (unpaired) electrons. The van der Waals surface area contributed by atoms with E-state index in [-0.39, 0.29) is 10.5 Å². The van der Waals surface area contributed by atoms with Gasteiger partial charge in [-0.05, 0) is 17.7 Å². The molecule has 1 aromatic rings. The molecule has 1 rings (SSSR count). The quantitative estimate of drug-likeness (QED) is 0.527. The van der Waals surface area contributed by atoms with Crippen molar-refractivity contribution in [3.63, 3.8) is 0 Å². The first-order chi connectivity index (χ1) is 10.9. The molecule has 1 amide bonds. The molecule has 2 N–H and O–H groups in total. The molecule has 0 saturated heterocycles. The minimum Gasteiger partial charge on any atom is -0.386 e. The maximum Gasteiger partial charge on any atom is 0.410 e. The molecular weight excluding hydrogens is 422 g/mol. The number of hydrogen-bond donors (Lipinski definition) is 2. The van der Waals surface area contributed by atoms with E-state index in [1.807, 2.05) is 0 Å². The average molecular weight is 436 g/mol. The van der Waals surface area contributed by atoms with E-state index in [1.165, 1.54) is 12.1 Å². The number of sulfone groups is 1. The number of aliphatic hydroxyl groups excluding tert-OH is 1. The Morgan fingerprint density at radius 2 is 1.79 bits per heavy atom. The molecule has 0 aromatic heterocycles. The minimum atomic E-state index is -4.87. The van der Waals surface area contributed by atoms with Crippen LogP contribution in [0.3, 0.4) is 0 Å². The van der Waals surface area contributed by atoms with E-state index in [9.17, 15) is 35.9 Å². The van der Waals surface area contributed by atoms with Crippen molar-refractivity contribution in [2.75, 3.05) is 12.9 Å². The molecule has 0 spiro atoms. The summed E-state index contributed by atoms with van der Waals surface area (Å²) in [6.07, 6.45) is -5.55. The molecular formula is C13H14BrF4NO4S. The predicted molar refractivity (Wildman–Crippen MR) is 81.2 cm³/mol. The van der Waals surface area contributed by atoms with Crippen molar-refractivity contribution in [1.29, 1.82) is 0 Å². The maximum atomic E-state index is 13.0. The van der Waals surface area contributed by atoms with Gasteiger partial charge in [0.1, 0.15) is 12.8 Å². The minimum absolute atomic E-state index is 0.0446. The van der Waals surface area contributed by atoms with Crippen molar-refractivity contribution in [3.05, 3.63) is 29.8 Å². The Morgan fingerprint density at radius 3 is 2.17 bits per heavy atom. The summed E-state index contributed by atoms with van der Waals surface area (Å²) >= 11 is 2.15. The number of aliphatic hydroxyl groups is 1. The fraction of sp³-hybridized carbons (Fsp3) is 0.462. The number of carbonyl (C=O) groups is 1. The molecule has 136 valence electrons. The fourth-order valence-electron chi connectivity index (χ4n) is 1.75. The van der Waals surface area contributed by atoms with E-state index in [0.717, 1.165) is 18.4 Å². The molecule has 0 aliphatic carbocycles. The van der Waals surface area contributed by atoms with Crippen LogP contribution in [-0.2, 0) is 14.6 Å². The number of hydrogen-bond acceptors (Lipinski definition) is 4. The second kappa shape index (κ2) is 7.79. The van der Waals surface area contributed by atoms with E-state index >= 15 is 0 Å². The van der Waals surface area contributed by atoms with Crippen molar-refractivity contribution in [2.45, 2.75) is 28.0 Å². The normalized spacial score (nSPS) is 16.3. The van der Waals surface area contributed by atoms with Gasteiger partial charge in [-0.1, -0.05) is 28.1 Å². The van der Waals surface area contributed by atoms with Crippen LogP contribution in [-0.4, -0.2) is 49.4 Å². The van der Waals surface area contributed by atoms with E-state index in [2.05, 4.69) is 15.9 Å². The number of carbonyl (C=O) groups excluding carboxylic acids is 1. The highest BCUT2D eigenvalue weighted by Crippen LogP contribution is 2.27. The SMILES string of the molecule is CS(=O)(=O)c1ccc(C(O)[C@@H](CF)NC(=O)[C@@H](Br)C(F)(F)F)cc1. The van der Waals surface area contributed by atoms with Crippen LogP contribution >= 0.6 is 15.9 Å². The van der Waals surface area contributed by atoms with Gasteiger partial charge in [0.15, 0.2) is 14.7 Å². The molecule has 1 unspecified atom stereocenters. The zero-order chi connectivity index (χ0) is 18.7. The van der Waals surface area contributed by atoms with Crippen molar-refractivity contribution in [3.8, 4) is 0 Å². The Labute approximate surface area is 144 Å². The van der Waals surface area contributed by atoms with Gasteiger partial charge in [0.05, 0.1) is 10.9 Å². The maximum absolute atomic E-state index is 13.0. The average Bonchev–Trinajstić information content (AvgIpc) is 2.49. The largest absolute Gasteiger partial charge is 0.410 e. The first-order valence-electron chi connectivity index (χ1n) is 6.43. The Bertz CT molecular complexity index is 678. The highest BCUT2D eigenvalue weighted by atomic mass is 79.9.